The highest BCUT2D eigenvalue weighted by Crippen LogP contribution is 2.19. The Bertz CT molecular complexity index is 331. The Kier molecular flexibility index (Phi) is 3.76. The lowest BCUT2D eigenvalue weighted by Crippen LogP contribution is -2.19. The van der Waals surface area contributed by atoms with E-state index >= 15 is 0 Å². The molecule has 0 aliphatic rings. The Balaban J connectivity index is 2.90. The summed E-state index contributed by atoms with van der Waals surface area (Å²) >= 11 is 0. The molecule has 1 aromatic carbocycles. The Hall–Kier alpha value is -1.74. The molecule has 0 bridgehead atoms. The Morgan fingerprint density at radius 2 is 2.14 bits per heavy atom. The van der Waals surface area contributed by atoms with E-state index in [4.69, 9.17) is 5.84 Å². The smallest absolute Gasteiger partial charge is 0.0506 e. The highest BCUT2D eigenvalue weighted by atomic mass is 15.2. The van der Waals surface area contributed by atoms with Gasteiger partial charge in [0.15, 0.2) is 0 Å². The van der Waals surface area contributed by atoms with Gasteiger partial charge in [-0.2, -0.15) is 0 Å². The van der Waals surface area contributed by atoms with Gasteiger partial charge in [0.25, 0.3) is 0 Å². The van der Waals surface area contributed by atoms with Crippen LogP contribution >= 0.6 is 0 Å². The number of benzene rings is 1. The molecule has 0 radical (unpaired) electrons. The van der Waals surface area contributed by atoms with Gasteiger partial charge in [-0.05, 0) is 6.07 Å². The molecule has 0 unspecified atom stereocenters. The quantitative estimate of drug-likeness (QED) is 0.375. The molecule has 1 aromatic rings. The number of hydrazine groups is 1. The molecule has 14 heavy (non-hydrogen) atoms. The molecule has 0 atom stereocenters. The van der Waals surface area contributed by atoms with Crippen LogP contribution < -0.4 is 16.6 Å². The van der Waals surface area contributed by atoms with Gasteiger partial charge in [0.2, 0.25) is 0 Å². The molecule has 0 aromatic heterocycles. The van der Waals surface area contributed by atoms with E-state index in [2.05, 4.69) is 23.9 Å². The number of nitrogens with one attached hydrogen (secondary N) is 2. The van der Waals surface area contributed by atoms with Crippen LogP contribution in [-0.4, -0.2) is 6.54 Å². The zero-order valence-electron chi connectivity index (χ0n) is 8.09. The van der Waals surface area contributed by atoms with Gasteiger partial charge in [-0.1, -0.05) is 30.9 Å². The van der Waals surface area contributed by atoms with Crippen LogP contribution in [0.25, 0.3) is 5.70 Å². The third kappa shape index (κ3) is 2.37. The minimum atomic E-state index is 0.692. The lowest BCUT2D eigenvalue weighted by Gasteiger charge is -2.11. The fourth-order valence-electron chi connectivity index (χ4n) is 1.16. The second-order valence-corrected chi connectivity index (χ2v) is 2.84. The first kappa shape index (κ1) is 10.3. The molecule has 0 aliphatic heterocycles. The summed E-state index contributed by atoms with van der Waals surface area (Å²) < 4.78 is 0. The summed E-state index contributed by atoms with van der Waals surface area (Å²) in [7, 11) is 0. The lowest BCUT2D eigenvalue weighted by atomic mass is 10.1. The second kappa shape index (κ2) is 5.09. The molecule has 0 spiro atoms. The molecule has 74 valence electrons. The molecule has 0 saturated heterocycles. The number of rotatable bonds is 5. The van der Waals surface area contributed by atoms with E-state index in [0.717, 1.165) is 17.8 Å². The van der Waals surface area contributed by atoms with E-state index in [1.54, 1.807) is 6.08 Å². The van der Waals surface area contributed by atoms with Crippen molar-refractivity contribution < 1.29 is 0 Å². The van der Waals surface area contributed by atoms with E-state index in [9.17, 15) is 0 Å². The third-order valence-electron chi connectivity index (χ3n) is 1.86. The van der Waals surface area contributed by atoms with Gasteiger partial charge in [-0.25, -0.2) is 0 Å². The van der Waals surface area contributed by atoms with Crippen molar-refractivity contribution in [3.8, 4) is 0 Å². The van der Waals surface area contributed by atoms with Crippen LogP contribution in [0, 0.1) is 0 Å². The first-order valence-corrected chi connectivity index (χ1v) is 4.39. The molecular weight excluding hydrogens is 174 g/mol. The van der Waals surface area contributed by atoms with Crippen molar-refractivity contribution in [3.05, 3.63) is 49.1 Å². The van der Waals surface area contributed by atoms with Gasteiger partial charge in [0.1, 0.15) is 0 Å². The van der Waals surface area contributed by atoms with Crippen LogP contribution in [0.5, 0.6) is 0 Å². The van der Waals surface area contributed by atoms with E-state index < -0.39 is 0 Å². The van der Waals surface area contributed by atoms with Crippen molar-refractivity contribution in [2.75, 3.05) is 11.9 Å². The third-order valence-corrected chi connectivity index (χ3v) is 1.86. The Morgan fingerprint density at radius 1 is 1.43 bits per heavy atom. The SMILES string of the molecule is C=CCNc1ccccc1C(=C)NN. The molecule has 0 aliphatic carbocycles. The molecule has 3 heteroatoms. The van der Waals surface area contributed by atoms with Crippen LogP contribution in [0.2, 0.25) is 0 Å². The monoisotopic (exact) mass is 189 g/mol. The molecule has 3 nitrogen and oxygen atoms in total. The standard InChI is InChI=1S/C11H15N3/c1-3-8-13-11-7-5-4-6-10(11)9(2)14-12/h3-7,13-14H,1-2,8,12H2. The van der Waals surface area contributed by atoms with Gasteiger partial charge in [-0.15, -0.1) is 6.58 Å². The van der Waals surface area contributed by atoms with Gasteiger partial charge >= 0.3 is 0 Å². The number of hydrogen-bond acceptors (Lipinski definition) is 3. The summed E-state index contributed by atoms with van der Waals surface area (Å²) in [4.78, 5) is 0. The number of nitrogens with two attached hydrogens (primary N) is 1. The van der Waals surface area contributed by atoms with Crippen LogP contribution in [0.3, 0.4) is 0 Å². The lowest BCUT2D eigenvalue weighted by molar-refractivity contribution is 0.995. The maximum absolute atomic E-state index is 5.30. The second-order valence-electron chi connectivity index (χ2n) is 2.84. The molecule has 0 heterocycles. The predicted octanol–water partition coefficient (Wildman–Crippen LogP) is 1.72. The number of para-hydroxylation sites is 1. The van der Waals surface area contributed by atoms with Crippen LogP contribution in [0.4, 0.5) is 5.69 Å². The van der Waals surface area contributed by atoms with Crippen molar-refractivity contribution in [3.63, 3.8) is 0 Å². The van der Waals surface area contributed by atoms with Crippen LogP contribution in [0.1, 0.15) is 5.56 Å². The maximum Gasteiger partial charge on any atom is 0.0506 e. The maximum atomic E-state index is 5.30. The van der Waals surface area contributed by atoms with Crippen molar-refractivity contribution in [1.82, 2.24) is 5.43 Å². The summed E-state index contributed by atoms with van der Waals surface area (Å²) in [6.07, 6.45) is 1.80. The van der Waals surface area contributed by atoms with Gasteiger partial charge in [-0.3, -0.25) is 5.84 Å². The fourth-order valence-corrected chi connectivity index (χ4v) is 1.16. The van der Waals surface area contributed by atoms with E-state index in [1.807, 2.05) is 24.3 Å². The molecular formula is C11H15N3. The minimum Gasteiger partial charge on any atom is -0.381 e. The van der Waals surface area contributed by atoms with Gasteiger partial charge in [0.05, 0.1) is 5.70 Å². The number of hydrogen-bond donors (Lipinski definition) is 3. The van der Waals surface area contributed by atoms with E-state index in [0.29, 0.717) is 5.70 Å². The Labute approximate surface area is 84.3 Å². The average Bonchev–Trinajstić information content (AvgIpc) is 2.25. The number of anilines is 1. The summed E-state index contributed by atoms with van der Waals surface area (Å²) in [5, 5.41) is 3.20. The first-order chi connectivity index (χ1) is 6.79. The zero-order valence-corrected chi connectivity index (χ0v) is 8.09. The van der Waals surface area contributed by atoms with E-state index in [-0.39, 0.29) is 0 Å². The predicted molar refractivity (Wildman–Crippen MR) is 61.5 cm³/mol. The van der Waals surface area contributed by atoms with Crippen molar-refractivity contribution >= 4 is 11.4 Å². The summed E-state index contributed by atoms with van der Waals surface area (Å²) in [6, 6.07) is 7.82. The zero-order chi connectivity index (χ0) is 10.4. The van der Waals surface area contributed by atoms with Gasteiger partial charge in [0, 0.05) is 17.8 Å². The molecule has 4 N–H and O–H groups in total. The minimum absolute atomic E-state index is 0.692. The highest BCUT2D eigenvalue weighted by molar-refractivity contribution is 5.73. The summed E-state index contributed by atoms with van der Waals surface area (Å²) in [6.45, 7) is 8.17. The molecule has 0 fully saturated rings. The van der Waals surface area contributed by atoms with Gasteiger partial charge < -0.3 is 10.7 Å². The summed E-state index contributed by atoms with van der Waals surface area (Å²) in [5.41, 5.74) is 5.19. The summed E-state index contributed by atoms with van der Waals surface area (Å²) in [5.74, 6) is 5.30. The largest absolute Gasteiger partial charge is 0.381 e. The van der Waals surface area contributed by atoms with E-state index in [1.165, 1.54) is 0 Å². The highest BCUT2D eigenvalue weighted by Gasteiger charge is 2.02. The first-order valence-electron chi connectivity index (χ1n) is 4.39. The molecule has 0 saturated carbocycles. The normalized spacial score (nSPS) is 9.21. The molecule has 1 rings (SSSR count). The van der Waals surface area contributed by atoms with Crippen molar-refractivity contribution in [2.45, 2.75) is 0 Å². The van der Waals surface area contributed by atoms with Crippen LogP contribution in [-0.2, 0) is 0 Å². The Morgan fingerprint density at radius 3 is 2.79 bits per heavy atom. The van der Waals surface area contributed by atoms with Crippen molar-refractivity contribution in [1.29, 1.82) is 0 Å². The fraction of sp³-hybridized carbons (Fsp3) is 0.0909. The molecule has 0 amide bonds. The van der Waals surface area contributed by atoms with Crippen LogP contribution in [0.15, 0.2) is 43.5 Å². The topological polar surface area (TPSA) is 50.1 Å². The van der Waals surface area contributed by atoms with Crippen molar-refractivity contribution in [2.24, 2.45) is 5.84 Å². The average molecular weight is 189 g/mol.